The van der Waals surface area contributed by atoms with Crippen LogP contribution in [-0.2, 0) is 0 Å². The van der Waals surface area contributed by atoms with Crippen molar-refractivity contribution in [3.05, 3.63) is 62.6 Å². The van der Waals surface area contributed by atoms with E-state index in [0.29, 0.717) is 15.7 Å². The first kappa shape index (κ1) is 15.3. The van der Waals surface area contributed by atoms with Crippen LogP contribution in [0.25, 0.3) is 0 Å². The molecule has 106 valence electrons. The molecular formula is C15H13BrClF2N. The van der Waals surface area contributed by atoms with Gasteiger partial charge in [-0.1, -0.05) is 23.7 Å². The molecule has 0 spiro atoms. The summed E-state index contributed by atoms with van der Waals surface area (Å²) in [5.74, 6) is -0.665. The highest BCUT2D eigenvalue weighted by molar-refractivity contribution is 9.10. The Morgan fingerprint density at radius 3 is 2.50 bits per heavy atom. The van der Waals surface area contributed by atoms with Crippen molar-refractivity contribution in [2.75, 3.05) is 5.32 Å². The Balaban J connectivity index is 2.27. The molecule has 0 radical (unpaired) electrons. The van der Waals surface area contributed by atoms with Gasteiger partial charge in [0, 0.05) is 10.5 Å². The summed E-state index contributed by atoms with van der Waals surface area (Å²) in [5.41, 5.74) is 1.98. The largest absolute Gasteiger partial charge is 0.376 e. The summed E-state index contributed by atoms with van der Waals surface area (Å²) in [5, 5.41) is 3.43. The molecule has 1 unspecified atom stereocenters. The van der Waals surface area contributed by atoms with Crippen LogP contribution in [0.5, 0.6) is 0 Å². The van der Waals surface area contributed by atoms with Crippen molar-refractivity contribution in [1.82, 2.24) is 0 Å². The van der Waals surface area contributed by atoms with Gasteiger partial charge in [-0.3, -0.25) is 0 Å². The van der Waals surface area contributed by atoms with Gasteiger partial charge in [0.15, 0.2) is 0 Å². The van der Waals surface area contributed by atoms with Crippen LogP contribution in [0, 0.1) is 18.6 Å². The molecule has 0 fully saturated rings. The Morgan fingerprint density at radius 2 is 1.90 bits per heavy atom. The Kier molecular flexibility index (Phi) is 4.66. The maximum Gasteiger partial charge on any atom is 0.126 e. The molecule has 1 N–H and O–H groups in total. The average Bonchev–Trinajstić information content (AvgIpc) is 2.36. The lowest BCUT2D eigenvalue weighted by Crippen LogP contribution is -2.08. The van der Waals surface area contributed by atoms with E-state index in [4.69, 9.17) is 11.6 Å². The lowest BCUT2D eigenvalue weighted by molar-refractivity contribution is 0.614. The van der Waals surface area contributed by atoms with Crippen LogP contribution >= 0.6 is 27.5 Å². The SMILES string of the molecule is Cc1ccc(C(C)Nc2c(Cl)cc(F)cc2Br)cc1F. The first-order chi connectivity index (χ1) is 9.38. The molecule has 2 rings (SSSR count). The summed E-state index contributed by atoms with van der Waals surface area (Å²) < 4.78 is 27.3. The zero-order valence-electron chi connectivity index (χ0n) is 11.0. The monoisotopic (exact) mass is 359 g/mol. The Labute approximate surface area is 130 Å². The van der Waals surface area contributed by atoms with E-state index in [1.165, 1.54) is 18.2 Å². The number of hydrogen-bond donors (Lipinski definition) is 1. The lowest BCUT2D eigenvalue weighted by atomic mass is 10.1. The number of anilines is 1. The molecular weight excluding hydrogens is 348 g/mol. The van der Waals surface area contributed by atoms with Gasteiger partial charge >= 0.3 is 0 Å². The Morgan fingerprint density at radius 1 is 1.20 bits per heavy atom. The van der Waals surface area contributed by atoms with Crippen molar-refractivity contribution >= 4 is 33.2 Å². The highest BCUT2D eigenvalue weighted by Gasteiger charge is 2.13. The minimum Gasteiger partial charge on any atom is -0.376 e. The van der Waals surface area contributed by atoms with E-state index in [2.05, 4.69) is 21.2 Å². The molecule has 5 heteroatoms. The van der Waals surface area contributed by atoms with Gasteiger partial charge in [0.2, 0.25) is 0 Å². The van der Waals surface area contributed by atoms with E-state index in [9.17, 15) is 8.78 Å². The van der Waals surface area contributed by atoms with Crippen molar-refractivity contribution in [2.45, 2.75) is 19.9 Å². The zero-order chi connectivity index (χ0) is 14.9. The number of nitrogens with one attached hydrogen (secondary N) is 1. The molecule has 1 nitrogen and oxygen atoms in total. The fourth-order valence-corrected chi connectivity index (χ4v) is 2.78. The van der Waals surface area contributed by atoms with Crippen LogP contribution in [-0.4, -0.2) is 0 Å². The Hall–Kier alpha value is -1.13. The maximum atomic E-state index is 13.6. The molecule has 0 aliphatic heterocycles. The van der Waals surface area contributed by atoms with Crippen molar-refractivity contribution < 1.29 is 8.78 Å². The van der Waals surface area contributed by atoms with Crippen LogP contribution in [0.4, 0.5) is 14.5 Å². The predicted molar refractivity (Wildman–Crippen MR) is 82.3 cm³/mol. The van der Waals surface area contributed by atoms with E-state index in [1.807, 2.05) is 13.0 Å². The third-order valence-corrected chi connectivity index (χ3v) is 3.99. The summed E-state index contributed by atoms with van der Waals surface area (Å²) in [4.78, 5) is 0. The van der Waals surface area contributed by atoms with E-state index in [0.717, 1.165) is 5.56 Å². The second-order valence-corrected chi connectivity index (χ2v) is 5.88. The van der Waals surface area contributed by atoms with E-state index >= 15 is 0 Å². The summed E-state index contributed by atoms with van der Waals surface area (Å²) >= 11 is 9.28. The highest BCUT2D eigenvalue weighted by Crippen LogP contribution is 2.34. The molecule has 0 saturated heterocycles. The first-order valence-electron chi connectivity index (χ1n) is 6.05. The van der Waals surface area contributed by atoms with Crippen molar-refractivity contribution in [2.24, 2.45) is 0 Å². The molecule has 2 aromatic carbocycles. The number of benzene rings is 2. The zero-order valence-corrected chi connectivity index (χ0v) is 13.3. The fourth-order valence-electron chi connectivity index (χ4n) is 1.86. The quantitative estimate of drug-likeness (QED) is 0.722. The highest BCUT2D eigenvalue weighted by atomic mass is 79.9. The molecule has 20 heavy (non-hydrogen) atoms. The second kappa shape index (κ2) is 6.10. The van der Waals surface area contributed by atoms with Crippen LogP contribution in [0.2, 0.25) is 5.02 Å². The molecule has 0 bridgehead atoms. The van der Waals surface area contributed by atoms with Gasteiger partial charge in [0.25, 0.3) is 0 Å². The van der Waals surface area contributed by atoms with Crippen LogP contribution in [0.15, 0.2) is 34.8 Å². The molecule has 0 saturated carbocycles. The van der Waals surface area contributed by atoms with Crippen molar-refractivity contribution in [3.8, 4) is 0 Å². The molecule has 0 aliphatic rings. The predicted octanol–water partition coefficient (Wildman–Crippen LogP) is 5.86. The standard InChI is InChI=1S/C15H13BrClF2N/c1-8-3-4-10(5-14(8)19)9(2)20-15-12(16)6-11(18)7-13(15)17/h3-7,9,20H,1-2H3. The van der Waals surface area contributed by atoms with Crippen LogP contribution in [0.1, 0.15) is 24.1 Å². The third kappa shape index (κ3) is 3.30. The van der Waals surface area contributed by atoms with Gasteiger partial charge in [-0.2, -0.15) is 0 Å². The molecule has 0 aromatic heterocycles. The van der Waals surface area contributed by atoms with Crippen LogP contribution in [0.3, 0.4) is 0 Å². The summed E-state index contributed by atoms with van der Waals surface area (Å²) in [6.07, 6.45) is 0. The number of halogens is 4. The normalized spacial score (nSPS) is 12.3. The second-order valence-electron chi connectivity index (χ2n) is 4.62. The van der Waals surface area contributed by atoms with Crippen LogP contribution < -0.4 is 5.32 Å². The van der Waals surface area contributed by atoms with Gasteiger partial charge in [-0.25, -0.2) is 8.78 Å². The maximum absolute atomic E-state index is 13.6. The topological polar surface area (TPSA) is 12.0 Å². The minimum absolute atomic E-state index is 0.163. The Bertz CT molecular complexity index is 623. The van der Waals surface area contributed by atoms with Gasteiger partial charge in [-0.15, -0.1) is 0 Å². The first-order valence-corrected chi connectivity index (χ1v) is 7.22. The van der Waals surface area contributed by atoms with Gasteiger partial charge in [0.05, 0.1) is 10.7 Å². The molecule has 1 atom stereocenters. The molecule has 2 aromatic rings. The number of rotatable bonds is 3. The van der Waals surface area contributed by atoms with E-state index < -0.39 is 5.82 Å². The fraction of sp³-hybridized carbons (Fsp3) is 0.200. The van der Waals surface area contributed by atoms with Crippen molar-refractivity contribution in [3.63, 3.8) is 0 Å². The summed E-state index contributed by atoms with van der Waals surface area (Å²) in [6, 6.07) is 7.46. The minimum atomic E-state index is -0.415. The van der Waals surface area contributed by atoms with Gasteiger partial charge in [0.1, 0.15) is 11.6 Å². The molecule has 0 amide bonds. The molecule has 0 aliphatic carbocycles. The number of aryl methyl sites for hydroxylation is 1. The number of hydrogen-bond acceptors (Lipinski definition) is 1. The summed E-state index contributed by atoms with van der Waals surface area (Å²) in [7, 11) is 0. The van der Waals surface area contributed by atoms with Crippen molar-refractivity contribution in [1.29, 1.82) is 0 Å². The van der Waals surface area contributed by atoms with Gasteiger partial charge in [-0.05, 0) is 59.1 Å². The van der Waals surface area contributed by atoms with E-state index in [-0.39, 0.29) is 16.9 Å². The molecule has 0 heterocycles. The summed E-state index contributed by atoms with van der Waals surface area (Å²) in [6.45, 7) is 3.60. The average molecular weight is 361 g/mol. The smallest absolute Gasteiger partial charge is 0.126 e. The van der Waals surface area contributed by atoms with E-state index in [1.54, 1.807) is 13.0 Å². The third-order valence-electron chi connectivity index (χ3n) is 3.06. The lowest BCUT2D eigenvalue weighted by Gasteiger charge is -2.18. The van der Waals surface area contributed by atoms with Gasteiger partial charge < -0.3 is 5.32 Å².